The van der Waals surface area contributed by atoms with Crippen molar-refractivity contribution in [1.29, 1.82) is 5.26 Å². The lowest BCUT2D eigenvalue weighted by molar-refractivity contribution is 0.102. The van der Waals surface area contributed by atoms with Crippen molar-refractivity contribution in [2.75, 3.05) is 5.32 Å². The second-order valence-corrected chi connectivity index (χ2v) is 7.99. The van der Waals surface area contributed by atoms with Crippen LogP contribution >= 0.6 is 0 Å². The standard InChI is InChI=1S/C28H19N5O2/c1-17-21(16-29)24(26(30-2)25(32-17)18-9-5-3-6-10-18)23-15-20-22(35-23)13-14-31-27(20)33-28(34)19-11-7-4-8-12-19/h3-15,24,32H,1H3,(H,31,33,34). The molecule has 1 unspecified atom stereocenters. The van der Waals surface area contributed by atoms with Crippen molar-refractivity contribution >= 4 is 28.4 Å². The van der Waals surface area contributed by atoms with Gasteiger partial charge in [0.15, 0.2) is 0 Å². The third kappa shape index (κ3) is 3.92. The second-order valence-electron chi connectivity index (χ2n) is 7.99. The number of carbonyl (C=O) groups excluding carboxylic acids is 1. The Labute approximate surface area is 201 Å². The highest BCUT2D eigenvalue weighted by Gasteiger charge is 2.34. The molecule has 7 heteroatoms. The van der Waals surface area contributed by atoms with E-state index >= 15 is 0 Å². The van der Waals surface area contributed by atoms with Crippen molar-refractivity contribution < 1.29 is 9.21 Å². The Morgan fingerprint density at radius 2 is 1.86 bits per heavy atom. The predicted molar refractivity (Wildman–Crippen MR) is 133 cm³/mol. The predicted octanol–water partition coefficient (Wildman–Crippen LogP) is 5.85. The molecule has 0 saturated carbocycles. The number of carbonyl (C=O) groups is 1. The Bertz CT molecular complexity index is 1590. The molecule has 7 nitrogen and oxygen atoms in total. The van der Waals surface area contributed by atoms with E-state index in [9.17, 15) is 10.1 Å². The van der Waals surface area contributed by atoms with Crippen LogP contribution in [0.4, 0.5) is 5.82 Å². The molecule has 0 saturated heterocycles. The molecule has 35 heavy (non-hydrogen) atoms. The maximum absolute atomic E-state index is 12.7. The Morgan fingerprint density at radius 1 is 1.14 bits per heavy atom. The zero-order valence-electron chi connectivity index (χ0n) is 18.7. The summed E-state index contributed by atoms with van der Waals surface area (Å²) >= 11 is 0. The van der Waals surface area contributed by atoms with Crippen LogP contribution in [-0.4, -0.2) is 10.9 Å². The number of nitriles is 1. The van der Waals surface area contributed by atoms with Gasteiger partial charge in [0.2, 0.25) is 5.70 Å². The molecular weight excluding hydrogens is 438 g/mol. The molecule has 0 bridgehead atoms. The minimum atomic E-state index is -0.695. The minimum Gasteiger partial charge on any atom is -0.461 e. The van der Waals surface area contributed by atoms with Crippen molar-refractivity contribution in [3.8, 4) is 6.07 Å². The Morgan fingerprint density at radius 3 is 2.54 bits per heavy atom. The lowest BCUT2D eigenvalue weighted by Gasteiger charge is -2.26. The largest absolute Gasteiger partial charge is 0.461 e. The molecule has 0 spiro atoms. The van der Waals surface area contributed by atoms with Gasteiger partial charge in [-0.05, 0) is 36.8 Å². The van der Waals surface area contributed by atoms with Crippen LogP contribution in [0, 0.1) is 17.9 Å². The molecule has 0 fully saturated rings. The normalized spacial score (nSPS) is 15.3. The van der Waals surface area contributed by atoms with Crippen molar-refractivity contribution in [3.63, 3.8) is 0 Å². The second kappa shape index (κ2) is 9.01. The minimum absolute atomic E-state index is 0.295. The number of pyridine rings is 1. The molecule has 0 radical (unpaired) electrons. The molecular formula is C28H19N5O2. The van der Waals surface area contributed by atoms with Crippen molar-refractivity contribution in [3.05, 3.63) is 124 Å². The van der Waals surface area contributed by atoms with Gasteiger partial charge in [0.25, 0.3) is 5.91 Å². The smallest absolute Gasteiger partial charge is 0.256 e. The van der Waals surface area contributed by atoms with Gasteiger partial charge in [-0.1, -0.05) is 48.5 Å². The van der Waals surface area contributed by atoms with E-state index in [0.29, 0.717) is 50.8 Å². The number of nitrogens with one attached hydrogen (secondary N) is 2. The van der Waals surface area contributed by atoms with Crippen LogP contribution in [0.2, 0.25) is 0 Å². The molecule has 4 aromatic rings. The number of nitrogens with zero attached hydrogens (tertiary/aromatic N) is 3. The molecule has 1 atom stereocenters. The summed E-state index contributed by atoms with van der Waals surface area (Å²) in [6.07, 6.45) is 1.55. The van der Waals surface area contributed by atoms with Crippen LogP contribution in [0.5, 0.6) is 0 Å². The highest BCUT2D eigenvalue weighted by Crippen LogP contribution is 2.43. The molecule has 2 aromatic heterocycles. The van der Waals surface area contributed by atoms with Crippen LogP contribution in [-0.2, 0) is 0 Å². The topological polar surface area (TPSA) is 95.3 Å². The maximum Gasteiger partial charge on any atom is 0.256 e. The van der Waals surface area contributed by atoms with Crippen molar-refractivity contribution in [1.82, 2.24) is 10.3 Å². The highest BCUT2D eigenvalue weighted by atomic mass is 16.3. The molecule has 168 valence electrons. The van der Waals surface area contributed by atoms with E-state index in [1.807, 2.05) is 43.3 Å². The van der Waals surface area contributed by atoms with Gasteiger partial charge >= 0.3 is 0 Å². The van der Waals surface area contributed by atoms with Crippen LogP contribution in [0.1, 0.15) is 34.5 Å². The maximum atomic E-state index is 12.7. The summed E-state index contributed by atoms with van der Waals surface area (Å²) in [6.45, 7) is 9.75. The summed E-state index contributed by atoms with van der Waals surface area (Å²) in [5.41, 5.74) is 3.89. The number of anilines is 1. The number of hydrogen-bond acceptors (Lipinski definition) is 5. The third-order valence-corrected chi connectivity index (χ3v) is 5.86. The number of rotatable bonds is 4. The van der Waals surface area contributed by atoms with Crippen molar-refractivity contribution in [2.24, 2.45) is 0 Å². The lowest BCUT2D eigenvalue weighted by atomic mass is 9.87. The average Bonchev–Trinajstić information content (AvgIpc) is 3.34. The summed E-state index contributed by atoms with van der Waals surface area (Å²) in [4.78, 5) is 20.9. The molecule has 1 aliphatic heterocycles. The fourth-order valence-electron chi connectivity index (χ4n) is 4.18. The van der Waals surface area contributed by atoms with Gasteiger partial charge in [-0.3, -0.25) is 4.79 Å². The summed E-state index contributed by atoms with van der Waals surface area (Å²) in [6, 6.07) is 24.1. The van der Waals surface area contributed by atoms with Crippen LogP contribution in [0.15, 0.2) is 100 Å². The van der Waals surface area contributed by atoms with Gasteiger partial charge in [0.1, 0.15) is 17.2 Å². The Kier molecular flexibility index (Phi) is 5.58. The first-order chi connectivity index (χ1) is 17.1. The zero-order chi connectivity index (χ0) is 24.4. The summed E-state index contributed by atoms with van der Waals surface area (Å²) < 4.78 is 6.15. The fraction of sp³-hybridized carbons (Fsp3) is 0.0714. The number of aromatic nitrogens is 1. The van der Waals surface area contributed by atoms with Gasteiger partial charge in [0, 0.05) is 23.2 Å². The molecule has 3 heterocycles. The number of benzene rings is 2. The van der Waals surface area contributed by atoms with Gasteiger partial charge in [-0.15, -0.1) is 0 Å². The van der Waals surface area contributed by atoms with Gasteiger partial charge in [-0.25, -0.2) is 9.83 Å². The Hall–Kier alpha value is -5.14. The number of allylic oxidation sites excluding steroid dienone is 2. The lowest BCUT2D eigenvalue weighted by Crippen LogP contribution is -2.23. The van der Waals surface area contributed by atoms with E-state index in [1.54, 1.807) is 42.6 Å². The number of amides is 1. The van der Waals surface area contributed by atoms with Crippen LogP contribution in [0.25, 0.3) is 21.5 Å². The molecule has 1 amide bonds. The van der Waals surface area contributed by atoms with E-state index in [1.165, 1.54) is 0 Å². The van der Waals surface area contributed by atoms with Gasteiger partial charge in [0.05, 0.1) is 29.5 Å². The highest BCUT2D eigenvalue weighted by molar-refractivity contribution is 6.07. The summed E-state index contributed by atoms with van der Waals surface area (Å²) in [5, 5.41) is 16.6. The van der Waals surface area contributed by atoms with E-state index in [-0.39, 0.29) is 5.91 Å². The molecule has 2 N–H and O–H groups in total. The van der Waals surface area contributed by atoms with E-state index in [4.69, 9.17) is 11.0 Å². The molecule has 0 aliphatic carbocycles. The first-order valence-corrected chi connectivity index (χ1v) is 10.9. The molecule has 2 aromatic carbocycles. The zero-order valence-corrected chi connectivity index (χ0v) is 18.7. The average molecular weight is 457 g/mol. The number of furan rings is 1. The first kappa shape index (κ1) is 21.7. The van der Waals surface area contributed by atoms with E-state index in [2.05, 4.69) is 26.5 Å². The van der Waals surface area contributed by atoms with Crippen LogP contribution in [0.3, 0.4) is 0 Å². The Balaban J connectivity index is 1.62. The number of hydrogen-bond donors (Lipinski definition) is 2. The first-order valence-electron chi connectivity index (χ1n) is 10.9. The SMILES string of the molecule is [C-]#[N+]C1=C(c2ccccc2)NC(C)=C(C#N)C1c1cc2c(NC(=O)c3ccccc3)nccc2o1. The van der Waals surface area contributed by atoms with E-state index in [0.717, 1.165) is 5.56 Å². The van der Waals surface area contributed by atoms with Crippen LogP contribution < -0.4 is 10.6 Å². The van der Waals surface area contributed by atoms with E-state index < -0.39 is 5.92 Å². The van der Waals surface area contributed by atoms with Crippen molar-refractivity contribution in [2.45, 2.75) is 12.8 Å². The summed E-state index contributed by atoms with van der Waals surface area (Å²) in [7, 11) is 0. The number of dihydropyridines is 1. The third-order valence-electron chi connectivity index (χ3n) is 5.86. The summed E-state index contributed by atoms with van der Waals surface area (Å²) in [5.74, 6) is -0.216. The van der Waals surface area contributed by atoms with Gasteiger partial charge < -0.3 is 15.1 Å². The number of fused-ring (bicyclic) bond motifs is 1. The van der Waals surface area contributed by atoms with Gasteiger partial charge in [-0.2, -0.15) is 5.26 Å². The fourth-order valence-corrected chi connectivity index (χ4v) is 4.18. The molecule has 1 aliphatic rings. The molecule has 5 rings (SSSR count). The monoisotopic (exact) mass is 457 g/mol. The quantitative estimate of drug-likeness (QED) is 0.375.